The number of hydrogen-bond donors (Lipinski definition) is 2. The molecule has 0 aliphatic carbocycles. The Morgan fingerprint density at radius 1 is 1.28 bits per heavy atom. The summed E-state index contributed by atoms with van der Waals surface area (Å²) in [7, 11) is 1.54. The molecule has 25 heavy (non-hydrogen) atoms. The van der Waals surface area contributed by atoms with Gasteiger partial charge in [-0.25, -0.2) is 4.98 Å². The number of thioether (sulfide) groups is 1. The number of aromatic nitrogens is 2. The van der Waals surface area contributed by atoms with Crippen molar-refractivity contribution in [2.45, 2.75) is 5.16 Å². The lowest BCUT2D eigenvalue weighted by atomic mass is 10.2. The summed E-state index contributed by atoms with van der Waals surface area (Å²) < 4.78 is 5.22. The molecule has 0 radical (unpaired) electrons. The number of hydrogen-bond acceptors (Lipinski definition) is 4. The van der Waals surface area contributed by atoms with Crippen molar-refractivity contribution >= 4 is 35.0 Å². The molecular formula is C18H16ClN3O2S. The minimum absolute atomic E-state index is 0.164. The molecule has 1 amide bonds. The number of anilines is 1. The molecule has 0 fully saturated rings. The van der Waals surface area contributed by atoms with Crippen LogP contribution >= 0.6 is 23.4 Å². The molecule has 0 unspecified atom stereocenters. The smallest absolute Gasteiger partial charge is 0.234 e. The molecule has 1 heterocycles. The van der Waals surface area contributed by atoms with Gasteiger partial charge in [-0.3, -0.25) is 4.79 Å². The SMILES string of the molecule is COc1ccc(Cl)cc1NC(=O)CSc1ncc(-c2ccccc2)[nH]1. The van der Waals surface area contributed by atoms with Crippen LogP contribution in [0.15, 0.2) is 59.9 Å². The first-order valence-corrected chi connectivity index (χ1v) is 8.88. The second-order valence-electron chi connectivity index (χ2n) is 5.15. The maximum absolute atomic E-state index is 12.2. The van der Waals surface area contributed by atoms with E-state index in [2.05, 4.69) is 15.3 Å². The molecule has 2 aromatic carbocycles. The zero-order valence-corrected chi connectivity index (χ0v) is 15.0. The van der Waals surface area contributed by atoms with Crippen molar-refractivity contribution in [3.8, 4) is 17.0 Å². The molecule has 3 aromatic rings. The minimum atomic E-state index is -0.164. The van der Waals surface area contributed by atoms with Crippen LogP contribution in [0.1, 0.15) is 0 Å². The Morgan fingerprint density at radius 2 is 2.08 bits per heavy atom. The van der Waals surface area contributed by atoms with E-state index in [0.717, 1.165) is 11.3 Å². The number of carbonyl (C=O) groups excluding carboxylic acids is 1. The van der Waals surface area contributed by atoms with Crippen LogP contribution in [0.4, 0.5) is 5.69 Å². The van der Waals surface area contributed by atoms with Crippen molar-refractivity contribution in [3.63, 3.8) is 0 Å². The molecule has 3 rings (SSSR count). The van der Waals surface area contributed by atoms with Gasteiger partial charge in [-0.15, -0.1) is 0 Å². The number of ether oxygens (including phenoxy) is 1. The highest BCUT2D eigenvalue weighted by molar-refractivity contribution is 7.99. The number of rotatable bonds is 6. The van der Waals surface area contributed by atoms with Gasteiger partial charge < -0.3 is 15.0 Å². The molecule has 128 valence electrons. The lowest BCUT2D eigenvalue weighted by molar-refractivity contribution is -0.113. The van der Waals surface area contributed by atoms with Gasteiger partial charge in [-0.05, 0) is 23.8 Å². The van der Waals surface area contributed by atoms with E-state index in [1.165, 1.54) is 11.8 Å². The van der Waals surface area contributed by atoms with Crippen LogP contribution in [0.2, 0.25) is 5.02 Å². The number of methoxy groups -OCH3 is 1. The van der Waals surface area contributed by atoms with E-state index in [0.29, 0.717) is 21.6 Å². The summed E-state index contributed by atoms with van der Waals surface area (Å²) in [6.07, 6.45) is 1.76. The number of carbonyl (C=O) groups is 1. The van der Waals surface area contributed by atoms with Crippen LogP contribution in [0.25, 0.3) is 11.3 Å². The first kappa shape index (κ1) is 17.4. The fraction of sp³-hybridized carbons (Fsp3) is 0.111. The summed E-state index contributed by atoms with van der Waals surface area (Å²) in [6, 6.07) is 15.0. The van der Waals surface area contributed by atoms with Crippen LogP contribution in [-0.4, -0.2) is 28.7 Å². The van der Waals surface area contributed by atoms with Crippen molar-refractivity contribution in [2.75, 3.05) is 18.2 Å². The number of amides is 1. The van der Waals surface area contributed by atoms with Gasteiger partial charge in [0.05, 0.1) is 30.4 Å². The number of aromatic amines is 1. The number of benzene rings is 2. The van der Waals surface area contributed by atoms with Gasteiger partial charge >= 0.3 is 0 Å². The fourth-order valence-electron chi connectivity index (χ4n) is 2.24. The molecule has 0 spiro atoms. The van der Waals surface area contributed by atoms with Crippen molar-refractivity contribution in [3.05, 3.63) is 59.8 Å². The first-order valence-electron chi connectivity index (χ1n) is 7.52. The summed E-state index contributed by atoms with van der Waals surface area (Å²) in [5.41, 5.74) is 2.51. The van der Waals surface area contributed by atoms with Crippen LogP contribution in [0, 0.1) is 0 Å². The predicted octanol–water partition coefficient (Wildman–Crippen LogP) is 4.47. The highest BCUT2D eigenvalue weighted by Gasteiger charge is 2.10. The zero-order valence-electron chi connectivity index (χ0n) is 13.5. The van der Waals surface area contributed by atoms with Gasteiger partial charge in [-0.1, -0.05) is 53.7 Å². The number of nitrogens with one attached hydrogen (secondary N) is 2. The van der Waals surface area contributed by atoms with Crippen LogP contribution in [0.3, 0.4) is 0 Å². The van der Waals surface area contributed by atoms with Crippen molar-refractivity contribution in [2.24, 2.45) is 0 Å². The normalized spacial score (nSPS) is 10.5. The maximum atomic E-state index is 12.2. The summed E-state index contributed by atoms with van der Waals surface area (Å²) >= 11 is 7.29. The number of H-pyrrole nitrogens is 1. The molecular weight excluding hydrogens is 358 g/mol. The van der Waals surface area contributed by atoms with Crippen LogP contribution in [-0.2, 0) is 4.79 Å². The second kappa shape index (κ2) is 8.09. The zero-order chi connectivity index (χ0) is 17.6. The van der Waals surface area contributed by atoms with Gasteiger partial charge in [0, 0.05) is 5.02 Å². The molecule has 0 saturated heterocycles. The van der Waals surface area contributed by atoms with E-state index in [-0.39, 0.29) is 11.7 Å². The summed E-state index contributed by atoms with van der Waals surface area (Å²) in [5.74, 6) is 0.618. The summed E-state index contributed by atoms with van der Waals surface area (Å²) in [5, 5.41) is 4.02. The van der Waals surface area contributed by atoms with Crippen molar-refractivity contribution in [1.29, 1.82) is 0 Å². The number of nitrogens with zero attached hydrogens (tertiary/aromatic N) is 1. The predicted molar refractivity (Wildman–Crippen MR) is 101 cm³/mol. The highest BCUT2D eigenvalue weighted by atomic mass is 35.5. The minimum Gasteiger partial charge on any atom is -0.495 e. The number of halogens is 1. The number of imidazole rings is 1. The Bertz CT molecular complexity index is 868. The average molecular weight is 374 g/mol. The fourth-order valence-corrected chi connectivity index (χ4v) is 3.06. The third-order valence-electron chi connectivity index (χ3n) is 3.41. The van der Waals surface area contributed by atoms with E-state index in [1.54, 1.807) is 31.5 Å². The molecule has 2 N–H and O–H groups in total. The largest absolute Gasteiger partial charge is 0.495 e. The molecule has 5 nitrogen and oxygen atoms in total. The Morgan fingerprint density at radius 3 is 2.84 bits per heavy atom. The average Bonchev–Trinajstić information content (AvgIpc) is 3.10. The van der Waals surface area contributed by atoms with E-state index in [9.17, 15) is 4.79 Å². The molecule has 0 aliphatic rings. The molecule has 7 heteroatoms. The molecule has 0 aliphatic heterocycles. The summed E-state index contributed by atoms with van der Waals surface area (Å²) in [6.45, 7) is 0. The van der Waals surface area contributed by atoms with E-state index in [4.69, 9.17) is 16.3 Å². The van der Waals surface area contributed by atoms with E-state index >= 15 is 0 Å². The molecule has 0 atom stereocenters. The standard InChI is InChI=1S/C18H16ClN3O2S/c1-24-16-8-7-13(19)9-14(16)21-17(23)11-25-18-20-10-15(22-18)12-5-3-2-4-6-12/h2-10H,11H2,1H3,(H,20,22)(H,21,23). The maximum Gasteiger partial charge on any atom is 0.234 e. The van der Waals surface area contributed by atoms with Gasteiger partial charge in [-0.2, -0.15) is 0 Å². The first-order chi connectivity index (χ1) is 12.2. The molecule has 1 aromatic heterocycles. The second-order valence-corrected chi connectivity index (χ2v) is 6.55. The monoisotopic (exact) mass is 373 g/mol. The van der Waals surface area contributed by atoms with Gasteiger partial charge in [0.25, 0.3) is 0 Å². The highest BCUT2D eigenvalue weighted by Crippen LogP contribution is 2.28. The van der Waals surface area contributed by atoms with E-state index in [1.807, 2.05) is 30.3 Å². The molecule has 0 bridgehead atoms. The third-order valence-corrected chi connectivity index (χ3v) is 4.54. The third kappa shape index (κ3) is 4.55. The van der Waals surface area contributed by atoms with Crippen LogP contribution in [0.5, 0.6) is 5.75 Å². The van der Waals surface area contributed by atoms with Crippen molar-refractivity contribution in [1.82, 2.24) is 9.97 Å². The lowest BCUT2D eigenvalue weighted by Gasteiger charge is -2.10. The topological polar surface area (TPSA) is 67.0 Å². The Kier molecular flexibility index (Phi) is 5.63. The summed E-state index contributed by atoms with van der Waals surface area (Å²) in [4.78, 5) is 19.7. The van der Waals surface area contributed by atoms with Crippen molar-refractivity contribution < 1.29 is 9.53 Å². The quantitative estimate of drug-likeness (QED) is 0.625. The molecule has 0 saturated carbocycles. The Labute approximate surface area is 154 Å². The Balaban J connectivity index is 1.60. The van der Waals surface area contributed by atoms with Gasteiger partial charge in [0.1, 0.15) is 5.75 Å². The van der Waals surface area contributed by atoms with E-state index < -0.39 is 0 Å². The van der Waals surface area contributed by atoms with Gasteiger partial charge in [0.2, 0.25) is 5.91 Å². The van der Waals surface area contributed by atoms with Gasteiger partial charge in [0.15, 0.2) is 5.16 Å². The Hall–Kier alpha value is -2.44. The van der Waals surface area contributed by atoms with Crippen LogP contribution < -0.4 is 10.1 Å². The lowest BCUT2D eigenvalue weighted by Crippen LogP contribution is -2.14.